The van der Waals surface area contributed by atoms with Gasteiger partial charge in [0.05, 0.1) is 5.56 Å². The molecule has 0 bridgehead atoms. The van der Waals surface area contributed by atoms with Crippen LogP contribution in [0.1, 0.15) is 27.6 Å². The summed E-state index contributed by atoms with van der Waals surface area (Å²) in [5, 5.41) is 1.16. The van der Waals surface area contributed by atoms with Gasteiger partial charge in [0.2, 0.25) is 0 Å². The first kappa shape index (κ1) is 16.9. The molecule has 2 nitrogen and oxygen atoms in total. The zero-order valence-electron chi connectivity index (χ0n) is 12.5. The van der Waals surface area contributed by atoms with Gasteiger partial charge in [-0.1, -0.05) is 41.9 Å². The summed E-state index contributed by atoms with van der Waals surface area (Å²) in [6, 6.07) is 15.6. The molecule has 23 heavy (non-hydrogen) atoms. The van der Waals surface area contributed by atoms with E-state index in [-0.39, 0.29) is 5.91 Å². The second-order valence-corrected chi connectivity index (χ2v) is 8.01. The second kappa shape index (κ2) is 7.73. The molecule has 2 aromatic carbocycles. The Morgan fingerprint density at radius 2 is 1.87 bits per heavy atom. The number of nitrogens with zero attached hydrogens (tertiary/aromatic N) is 1. The highest BCUT2D eigenvalue weighted by Gasteiger charge is 2.24. The molecule has 0 radical (unpaired) electrons. The van der Waals surface area contributed by atoms with Crippen molar-refractivity contribution in [2.45, 2.75) is 11.7 Å². The summed E-state index contributed by atoms with van der Waals surface area (Å²) < 4.78 is 0.851. The molecule has 0 spiro atoms. The van der Waals surface area contributed by atoms with Gasteiger partial charge in [0.15, 0.2) is 0 Å². The molecule has 1 amide bonds. The number of benzene rings is 2. The third-order valence-corrected chi connectivity index (χ3v) is 6.33. The van der Waals surface area contributed by atoms with Gasteiger partial charge in [-0.3, -0.25) is 4.79 Å². The van der Waals surface area contributed by atoms with Crippen molar-refractivity contribution in [1.82, 2.24) is 4.90 Å². The molecule has 1 heterocycles. The first-order valence-corrected chi connectivity index (χ1v) is 9.78. The molecular formula is C18H17BrClNOS. The summed E-state index contributed by atoms with van der Waals surface area (Å²) in [5.74, 6) is 1.02. The molecule has 1 saturated heterocycles. The average molecular weight is 411 g/mol. The molecule has 0 saturated carbocycles. The first-order chi connectivity index (χ1) is 11.2. The quantitative estimate of drug-likeness (QED) is 0.658. The molecule has 120 valence electrons. The van der Waals surface area contributed by atoms with Crippen molar-refractivity contribution in [3.8, 4) is 0 Å². The fourth-order valence-corrected chi connectivity index (χ4v) is 4.82. The van der Waals surface area contributed by atoms with E-state index < -0.39 is 0 Å². The van der Waals surface area contributed by atoms with Gasteiger partial charge in [0.1, 0.15) is 0 Å². The Hall–Kier alpha value is -0.970. The van der Waals surface area contributed by atoms with Crippen LogP contribution in [0.25, 0.3) is 0 Å². The lowest BCUT2D eigenvalue weighted by Crippen LogP contribution is -2.33. The van der Waals surface area contributed by atoms with Crippen LogP contribution in [-0.4, -0.2) is 29.6 Å². The second-order valence-electron chi connectivity index (χ2n) is 5.44. The number of hydrogen-bond donors (Lipinski definition) is 0. The fourth-order valence-electron chi connectivity index (χ4n) is 2.76. The van der Waals surface area contributed by atoms with E-state index in [1.165, 1.54) is 5.56 Å². The maximum Gasteiger partial charge on any atom is 0.255 e. The van der Waals surface area contributed by atoms with Gasteiger partial charge in [0, 0.05) is 33.6 Å². The lowest BCUT2D eigenvalue weighted by Gasteiger charge is -2.21. The minimum Gasteiger partial charge on any atom is -0.338 e. The van der Waals surface area contributed by atoms with E-state index in [4.69, 9.17) is 11.6 Å². The minimum atomic E-state index is 0.0953. The van der Waals surface area contributed by atoms with E-state index in [2.05, 4.69) is 22.0 Å². The van der Waals surface area contributed by atoms with Gasteiger partial charge in [-0.05, 0) is 46.1 Å². The van der Waals surface area contributed by atoms with Gasteiger partial charge in [-0.15, -0.1) is 0 Å². The maximum absolute atomic E-state index is 12.7. The standard InChI is InChI=1S/C18H17BrClNOS/c19-15-7-3-1-5-13(15)18(22)21-10-9-17(23-12-11-21)14-6-2-4-8-16(14)20/h1-8,17H,9-12H2/t17-/m1/s1. The Kier molecular flexibility index (Phi) is 5.67. The van der Waals surface area contributed by atoms with Crippen molar-refractivity contribution in [3.63, 3.8) is 0 Å². The van der Waals surface area contributed by atoms with Crippen molar-refractivity contribution in [2.75, 3.05) is 18.8 Å². The number of halogens is 2. The molecule has 0 aliphatic carbocycles. The molecule has 1 atom stereocenters. The highest BCUT2D eigenvalue weighted by Crippen LogP contribution is 2.38. The third kappa shape index (κ3) is 3.93. The molecule has 0 unspecified atom stereocenters. The normalized spacial score (nSPS) is 18.5. The van der Waals surface area contributed by atoms with Gasteiger partial charge in [-0.2, -0.15) is 11.8 Å². The van der Waals surface area contributed by atoms with Crippen LogP contribution in [0.3, 0.4) is 0 Å². The number of hydrogen-bond acceptors (Lipinski definition) is 2. The van der Waals surface area contributed by atoms with E-state index in [9.17, 15) is 4.79 Å². The minimum absolute atomic E-state index is 0.0953. The molecule has 0 aromatic heterocycles. The fraction of sp³-hybridized carbons (Fsp3) is 0.278. The molecule has 0 N–H and O–H groups in total. The van der Waals surface area contributed by atoms with E-state index in [0.717, 1.165) is 40.3 Å². The van der Waals surface area contributed by atoms with Crippen molar-refractivity contribution in [2.24, 2.45) is 0 Å². The molecular weight excluding hydrogens is 394 g/mol. The third-order valence-electron chi connectivity index (χ3n) is 3.99. The van der Waals surface area contributed by atoms with Crippen LogP contribution in [-0.2, 0) is 0 Å². The number of carbonyl (C=O) groups is 1. The Balaban J connectivity index is 1.73. The van der Waals surface area contributed by atoms with Crippen LogP contribution in [0.5, 0.6) is 0 Å². The molecule has 1 fully saturated rings. The molecule has 3 rings (SSSR count). The highest BCUT2D eigenvalue weighted by molar-refractivity contribution is 9.10. The van der Waals surface area contributed by atoms with Gasteiger partial charge in [-0.25, -0.2) is 0 Å². The summed E-state index contributed by atoms with van der Waals surface area (Å²) in [4.78, 5) is 14.7. The predicted molar refractivity (Wildman–Crippen MR) is 101 cm³/mol. The number of thioether (sulfide) groups is 1. The highest BCUT2D eigenvalue weighted by atomic mass is 79.9. The van der Waals surface area contributed by atoms with Crippen molar-refractivity contribution in [1.29, 1.82) is 0 Å². The van der Waals surface area contributed by atoms with E-state index in [1.54, 1.807) is 0 Å². The van der Waals surface area contributed by atoms with E-state index >= 15 is 0 Å². The van der Waals surface area contributed by atoms with Gasteiger partial charge in [0.25, 0.3) is 5.91 Å². The SMILES string of the molecule is O=C(c1ccccc1Br)N1CCS[C@@H](c2ccccc2Cl)CC1. The zero-order chi connectivity index (χ0) is 16.2. The Morgan fingerprint density at radius 1 is 1.13 bits per heavy atom. The van der Waals surface area contributed by atoms with Crippen LogP contribution in [0.2, 0.25) is 5.02 Å². The van der Waals surface area contributed by atoms with Gasteiger partial charge < -0.3 is 4.90 Å². The topological polar surface area (TPSA) is 20.3 Å². The number of rotatable bonds is 2. The summed E-state index contributed by atoms with van der Waals surface area (Å²) >= 11 is 11.7. The number of carbonyl (C=O) groups excluding carboxylic acids is 1. The van der Waals surface area contributed by atoms with Gasteiger partial charge >= 0.3 is 0 Å². The lowest BCUT2D eigenvalue weighted by molar-refractivity contribution is 0.0765. The van der Waals surface area contributed by atoms with Crippen LogP contribution in [0.4, 0.5) is 0 Å². The van der Waals surface area contributed by atoms with Crippen LogP contribution < -0.4 is 0 Å². The summed E-state index contributed by atoms with van der Waals surface area (Å²) in [7, 11) is 0. The largest absolute Gasteiger partial charge is 0.338 e. The van der Waals surface area contributed by atoms with Crippen LogP contribution in [0.15, 0.2) is 53.0 Å². The smallest absolute Gasteiger partial charge is 0.255 e. The monoisotopic (exact) mass is 409 g/mol. The van der Waals surface area contributed by atoms with Crippen molar-refractivity contribution >= 4 is 45.2 Å². The Labute approximate surface area is 154 Å². The Morgan fingerprint density at radius 3 is 2.65 bits per heavy atom. The van der Waals surface area contributed by atoms with E-state index in [0.29, 0.717) is 5.25 Å². The maximum atomic E-state index is 12.7. The van der Waals surface area contributed by atoms with Crippen molar-refractivity contribution < 1.29 is 4.79 Å². The predicted octanol–water partition coefficient (Wildman–Crippen LogP) is 5.42. The Bertz CT molecular complexity index is 709. The summed E-state index contributed by atoms with van der Waals surface area (Å²) in [6.07, 6.45) is 0.921. The first-order valence-electron chi connectivity index (χ1n) is 7.56. The summed E-state index contributed by atoms with van der Waals surface area (Å²) in [6.45, 7) is 1.52. The average Bonchev–Trinajstić information content (AvgIpc) is 2.81. The van der Waals surface area contributed by atoms with Crippen LogP contribution in [0, 0.1) is 0 Å². The summed E-state index contributed by atoms with van der Waals surface area (Å²) in [5.41, 5.74) is 1.91. The molecule has 2 aromatic rings. The zero-order valence-corrected chi connectivity index (χ0v) is 15.7. The number of amides is 1. The van der Waals surface area contributed by atoms with Crippen LogP contribution >= 0.6 is 39.3 Å². The van der Waals surface area contributed by atoms with E-state index in [1.807, 2.05) is 59.1 Å². The lowest BCUT2D eigenvalue weighted by atomic mass is 10.1. The molecule has 1 aliphatic rings. The molecule has 5 heteroatoms. The van der Waals surface area contributed by atoms with Crippen molar-refractivity contribution in [3.05, 3.63) is 69.2 Å². The molecule has 1 aliphatic heterocycles.